The number of hydrogen-bond acceptors (Lipinski definition) is 2. The Kier molecular flexibility index (Phi) is 3.46. The van der Waals surface area contributed by atoms with Crippen molar-refractivity contribution in [2.24, 2.45) is 0 Å². The number of hydrogen-bond donors (Lipinski definition) is 1. The molecule has 0 unspecified atom stereocenters. The van der Waals surface area contributed by atoms with E-state index in [0.717, 1.165) is 9.39 Å². The summed E-state index contributed by atoms with van der Waals surface area (Å²) in [6, 6.07) is 3.63. The highest BCUT2D eigenvalue weighted by atomic mass is 127. The summed E-state index contributed by atoms with van der Waals surface area (Å²) in [6.07, 6.45) is 2.19. The Morgan fingerprint density at radius 1 is 1.75 bits per heavy atom. The lowest BCUT2D eigenvalue weighted by Gasteiger charge is -2.03. The first-order valence-corrected chi connectivity index (χ1v) is 4.72. The Morgan fingerprint density at radius 3 is 3.08 bits per heavy atom. The molecule has 3 nitrogen and oxygen atoms in total. The zero-order valence-electron chi connectivity index (χ0n) is 6.67. The van der Waals surface area contributed by atoms with E-state index in [9.17, 15) is 4.79 Å². The van der Waals surface area contributed by atoms with Crippen molar-refractivity contribution >= 4 is 34.2 Å². The molecular formula is C8H9IN2O. The monoisotopic (exact) mass is 276 g/mol. The van der Waals surface area contributed by atoms with Crippen LogP contribution < -0.4 is 5.32 Å². The van der Waals surface area contributed by atoms with Gasteiger partial charge in [-0.15, -0.1) is 0 Å². The number of carbonyl (C=O) groups excluding carboxylic acids is 1. The number of halogens is 1. The normalized spacial score (nSPS) is 9.50. The number of carbonyl (C=O) groups is 1. The Balaban J connectivity index is 2.75. The van der Waals surface area contributed by atoms with Crippen LogP contribution in [0, 0.1) is 3.70 Å². The van der Waals surface area contributed by atoms with Gasteiger partial charge in [0.25, 0.3) is 0 Å². The lowest BCUT2D eigenvalue weighted by Crippen LogP contribution is -2.10. The lowest BCUT2D eigenvalue weighted by molar-refractivity contribution is -0.115. The van der Waals surface area contributed by atoms with E-state index in [1.54, 1.807) is 12.3 Å². The van der Waals surface area contributed by atoms with E-state index in [0.29, 0.717) is 6.42 Å². The van der Waals surface area contributed by atoms with Gasteiger partial charge in [-0.3, -0.25) is 4.79 Å². The Hall–Kier alpha value is -0.650. The number of nitrogens with zero attached hydrogens (tertiary/aromatic N) is 1. The summed E-state index contributed by atoms with van der Waals surface area (Å²) < 4.78 is 0.817. The quantitative estimate of drug-likeness (QED) is 0.663. The molecule has 0 aliphatic carbocycles. The van der Waals surface area contributed by atoms with E-state index < -0.39 is 0 Å². The smallest absolute Gasteiger partial charge is 0.224 e. The fraction of sp³-hybridized carbons (Fsp3) is 0.250. The maximum Gasteiger partial charge on any atom is 0.224 e. The van der Waals surface area contributed by atoms with Crippen LogP contribution in [0.15, 0.2) is 18.3 Å². The van der Waals surface area contributed by atoms with Crippen molar-refractivity contribution < 1.29 is 4.79 Å². The van der Waals surface area contributed by atoms with Gasteiger partial charge in [-0.2, -0.15) is 0 Å². The molecule has 0 spiro atoms. The Labute approximate surface area is 84.7 Å². The number of pyridine rings is 1. The van der Waals surface area contributed by atoms with E-state index >= 15 is 0 Å². The molecule has 1 amide bonds. The minimum absolute atomic E-state index is 0.0147. The Bertz CT molecular complexity index is 288. The highest BCUT2D eigenvalue weighted by Gasteiger charge is 2.01. The first kappa shape index (κ1) is 9.44. The molecule has 1 heterocycles. The van der Waals surface area contributed by atoms with Crippen molar-refractivity contribution in [2.45, 2.75) is 13.3 Å². The summed E-state index contributed by atoms with van der Waals surface area (Å²) in [7, 11) is 0. The molecular weight excluding hydrogens is 267 g/mol. The molecule has 0 fully saturated rings. The SMILES string of the molecule is CCC(=O)Nc1cccnc1I. The molecule has 0 atom stereocenters. The zero-order valence-corrected chi connectivity index (χ0v) is 8.83. The van der Waals surface area contributed by atoms with E-state index in [1.807, 2.05) is 13.0 Å². The zero-order chi connectivity index (χ0) is 8.97. The molecule has 1 aromatic rings. The maximum absolute atomic E-state index is 11.0. The molecule has 64 valence electrons. The number of aromatic nitrogens is 1. The molecule has 1 rings (SSSR count). The minimum atomic E-state index is 0.0147. The average molecular weight is 276 g/mol. The van der Waals surface area contributed by atoms with Crippen molar-refractivity contribution in [1.29, 1.82) is 0 Å². The number of anilines is 1. The third-order valence-corrected chi connectivity index (χ3v) is 2.21. The second kappa shape index (κ2) is 4.39. The number of amides is 1. The van der Waals surface area contributed by atoms with E-state index in [4.69, 9.17) is 0 Å². The minimum Gasteiger partial charge on any atom is -0.324 e. The molecule has 0 saturated carbocycles. The fourth-order valence-electron chi connectivity index (χ4n) is 0.718. The molecule has 1 aromatic heterocycles. The van der Waals surface area contributed by atoms with Crippen LogP contribution in [0.1, 0.15) is 13.3 Å². The summed E-state index contributed by atoms with van der Waals surface area (Å²) in [5.41, 5.74) is 0.782. The maximum atomic E-state index is 11.0. The summed E-state index contributed by atoms with van der Waals surface area (Å²) in [6.45, 7) is 1.82. The van der Waals surface area contributed by atoms with Crippen LogP contribution in [0.2, 0.25) is 0 Å². The van der Waals surface area contributed by atoms with Crippen LogP contribution in [-0.2, 0) is 4.79 Å². The first-order valence-electron chi connectivity index (χ1n) is 3.64. The van der Waals surface area contributed by atoms with E-state index in [2.05, 4.69) is 32.9 Å². The molecule has 0 bridgehead atoms. The predicted molar refractivity (Wildman–Crippen MR) is 55.9 cm³/mol. The van der Waals surface area contributed by atoms with Gasteiger partial charge in [-0.05, 0) is 34.7 Å². The van der Waals surface area contributed by atoms with Gasteiger partial charge in [-0.1, -0.05) is 6.92 Å². The van der Waals surface area contributed by atoms with Crippen LogP contribution in [0.5, 0.6) is 0 Å². The molecule has 12 heavy (non-hydrogen) atoms. The first-order chi connectivity index (χ1) is 5.74. The third-order valence-electron chi connectivity index (χ3n) is 1.35. The number of nitrogens with one attached hydrogen (secondary N) is 1. The molecule has 0 aliphatic heterocycles. The van der Waals surface area contributed by atoms with Crippen LogP contribution in [-0.4, -0.2) is 10.9 Å². The summed E-state index contributed by atoms with van der Waals surface area (Å²) in [5, 5.41) is 2.75. The molecule has 4 heteroatoms. The standard InChI is InChI=1S/C8H9IN2O/c1-2-7(12)11-6-4-3-5-10-8(6)9/h3-5H,2H2,1H3,(H,11,12). The van der Waals surface area contributed by atoms with Crippen LogP contribution >= 0.6 is 22.6 Å². The van der Waals surface area contributed by atoms with Gasteiger partial charge in [0.05, 0.1) is 5.69 Å². The van der Waals surface area contributed by atoms with Gasteiger partial charge in [-0.25, -0.2) is 4.98 Å². The fourth-order valence-corrected chi connectivity index (χ4v) is 1.19. The van der Waals surface area contributed by atoms with Crippen molar-refractivity contribution in [3.05, 3.63) is 22.0 Å². The van der Waals surface area contributed by atoms with E-state index in [1.165, 1.54) is 0 Å². The largest absolute Gasteiger partial charge is 0.324 e. The highest BCUT2D eigenvalue weighted by molar-refractivity contribution is 14.1. The lowest BCUT2D eigenvalue weighted by atomic mass is 10.4. The Morgan fingerprint density at radius 2 is 2.50 bits per heavy atom. The van der Waals surface area contributed by atoms with Crippen molar-refractivity contribution in [3.63, 3.8) is 0 Å². The molecule has 0 aromatic carbocycles. The van der Waals surface area contributed by atoms with Crippen LogP contribution in [0.4, 0.5) is 5.69 Å². The predicted octanol–water partition coefficient (Wildman–Crippen LogP) is 2.03. The number of rotatable bonds is 2. The summed E-state index contributed by atoms with van der Waals surface area (Å²) in [5.74, 6) is 0.0147. The summed E-state index contributed by atoms with van der Waals surface area (Å²) in [4.78, 5) is 15.0. The van der Waals surface area contributed by atoms with Gasteiger partial charge < -0.3 is 5.32 Å². The van der Waals surface area contributed by atoms with Crippen molar-refractivity contribution in [3.8, 4) is 0 Å². The van der Waals surface area contributed by atoms with Gasteiger partial charge >= 0.3 is 0 Å². The second-order valence-corrected chi connectivity index (χ2v) is 3.27. The van der Waals surface area contributed by atoms with Crippen molar-refractivity contribution in [2.75, 3.05) is 5.32 Å². The van der Waals surface area contributed by atoms with Gasteiger partial charge in [0.15, 0.2) is 0 Å². The van der Waals surface area contributed by atoms with Gasteiger partial charge in [0.2, 0.25) is 5.91 Å². The molecule has 0 aliphatic rings. The van der Waals surface area contributed by atoms with Crippen LogP contribution in [0.25, 0.3) is 0 Å². The van der Waals surface area contributed by atoms with Gasteiger partial charge in [0, 0.05) is 12.6 Å². The topological polar surface area (TPSA) is 42.0 Å². The van der Waals surface area contributed by atoms with Gasteiger partial charge in [0.1, 0.15) is 3.70 Å². The highest BCUT2D eigenvalue weighted by Crippen LogP contribution is 2.13. The van der Waals surface area contributed by atoms with Crippen LogP contribution in [0.3, 0.4) is 0 Å². The molecule has 1 N–H and O–H groups in total. The average Bonchev–Trinajstić information content (AvgIpc) is 2.09. The van der Waals surface area contributed by atoms with Crippen molar-refractivity contribution in [1.82, 2.24) is 4.98 Å². The summed E-state index contributed by atoms with van der Waals surface area (Å²) >= 11 is 2.08. The van der Waals surface area contributed by atoms with E-state index in [-0.39, 0.29) is 5.91 Å². The molecule has 0 saturated heterocycles. The molecule has 0 radical (unpaired) electrons. The third kappa shape index (κ3) is 2.44. The second-order valence-electron chi connectivity index (χ2n) is 2.24.